The number of rotatable bonds is 5. The fraction of sp³-hybridized carbons (Fsp3) is 0.611. The van der Waals surface area contributed by atoms with Crippen LogP contribution in [0.1, 0.15) is 43.9 Å². The van der Waals surface area contributed by atoms with Crippen molar-refractivity contribution >= 4 is 29.9 Å². The van der Waals surface area contributed by atoms with Crippen molar-refractivity contribution in [3.8, 4) is 0 Å². The van der Waals surface area contributed by atoms with Gasteiger partial charge in [0.1, 0.15) is 0 Å². The Kier molecular flexibility index (Phi) is 8.91. The molecule has 0 bridgehead atoms. The number of ether oxygens (including phenoxy) is 1. The number of nitrogens with one attached hydrogen (secondary N) is 1. The van der Waals surface area contributed by atoms with Crippen molar-refractivity contribution in [1.82, 2.24) is 5.32 Å². The summed E-state index contributed by atoms with van der Waals surface area (Å²) in [5.74, 6) is 1.50. The molecule has 0 saturated carbocycles. The second kappa shape index (κ2) is 10.1. The van der Waals surface area contributed by atoms with Crippen LogP contribution >= 0.6 is 24.0 Å². The molecule has 1 heterocycles. The Bertz CT molecular complexity index is 488. The number of aliphatic imine (C=N–C) groups is 1. The van der Waals surface area contributed by atoms with Gasteiger partial charge in [0.2, 0.25) is 0 Å². The van der Waals surface area contributed by atoms with Crippen LogP contribution in [0.4, 0.5) is 0 Å². The number of aryl methyl sites for hydroxylation is 1. The molecule has 0 amide bonds. The normalized spacial score (nSPS) is 21.8. The molecule has 0 radical (unpaired) electrons. The third-order valence-corrected chi connectivity index (χ3v) is 4.02. The van der Waals surface area contributed by atoms with Gasteiger partial charge in [0, 0.05) is 25.6 Å². The summed E-state index contributed by atoms with van der Waals surface area (Å²) >= 11 is 0. The molecule has 1 aliphatic rings. The van der Waals surface area contributed by atoms with Crippen LogP contribution in [0.2, 0.25) is 0 Å². The van der Waals surface area contributed by atoms with Gasteiger partial charge >= 0.3 is 0 Å². The molecule has 4 nitrogen and oxygen atoms in total. The van der Waals surface area contributed by atoms with E-state index in [1.54, 1.807) is 0 Å². The maximum Gasteiger partial charge on any atom is 0.188 e. The van der Waals surface area contributed by atoms with Crippen LogP contribution < -0.4 is 11.1 Å². The van der Waals surface area contributed by atoms with Gasteiger partial charge in [-0.2, -0.15) is 0 Å². The van der Waals surface area contributed by atoms with E-state index in [4.69, 9.17) is 10.5 Å². The maximum absolute atomic E-state index is 6.03. The molecule has 1 aromatic rings. The summed E-state index contributed by atoms with van der Waals surface area (Å²) in [4.78, 5) is 4.36. The topological polar surface area (TPSA) is 59.6 Å². The molecule has 1 fully saturated rings. The molecular formula is C18H30IN3O. The van der Waals surface area contributed by atoms with Crippen LogP contribution in [0.3, 0.4) is 0 Å². The first-order chi connectivity index (χ1) is 10.6. The SMILES string of the molecule is Cc1ccc(C2OCCCC2CNC(N)=NCC(C)C)cc1.I. The van der Waals surface area contributed by atoms with E-state index in [0.717, 1.165) is 32.5 Å². The molecule has 1 aliphatic heterocycles. The predicted octanol–water partition coefficient (Wildman–Crippen LogP) is 3.64. The van der Waals surface area contributed by atoms with E-state index in [0.29, 0.717) is 17.8 Å². The number of halogens is 1. The van der Waals surface area contributed by atoms with Crippen molar-refractivity contribution in [2.45, 2.75) is 39.7 Å². The molecule has 23 heavy (non-hydrogen) atoms. The Labute approximate surface area is 157 Å². The lowest BCUT2D eigenvalue weighted by Crippen LogP contribution is -2.39. The Morgan fingerprint density at radius 1 is 1.35 bits per heavy atom. The summed E-state index contributed by atoms with van der Waals surface area (Å²) in [6, 6.07) is 8.65. The van der Waals surface area contributed by atoms with Gasteiger partial charge in [-0.05, 0) is 31.2 Å². The molecule has 0 aliphatic carbocycles. The quantitative estimate of drug-likeness (QED) is 0.425. The van der Waals surface area contributed by atoms with Gasteiger partial charge in [0.25, 0.3) is 0 Å². The van der Waals surface area contributed by atoms with Gasteiger partial charge in [-0.3, -0.25) is 4.99 Å². The van der Waals surface area contributed by atoms with Crippen LogP contribution in [-0.4, -0.2) is 25.7 Å². The zero-order chi connectivity index (χ0) is 15.9. The molecule has 130 valence electrons. The van der Waals surface area contributed by atoms with E-state index >= 15 is 0 Å². The highest BCUT2D eigenvalue weighted by molar-refractivity contribution is 14.0. The van der Waals surface area contributed by atoms with Crippen LogP contribution in [0, 0.1) is 18.8 Å². The number of guanidine groups is 1. The van der Waals surface area contributed by atoms with Gasteiger partial charge in [0.15, 0.2) is 5.96 Å². The summed E-state index contributed by atoms with van der Waals surface area (Å²) < 4.78 is 6.03. The van der Waals surface area contributed by atoms with Crippen LogP contribution in [-0.2, 0) is 4.74 Å². The second-order valence-electron chi connectivity index (χ2n) is 6.61. The number of hydrogen-bond acceptors (Lipinski definition) is 2. The van der Waals surface area contributed by atoms with Crippen molar-refractivity contribution in [3.05, 3.63) is 35.4 Å². The maximum atomic E-state index is 6.03. The summed E-state index contributed by atoms with van der Waals surface area (Å²) in [5.41, 5.74) is 8.48. The van der Waals surface area contributed by atoms with E-state index in [9.17, 15) is 0 Å². The molecule has 3 N–H and O–H groups in total. The van der Waals surface area contributed by atoms with E-state index in [1.165, 1.54) is 11.1 Å². The first-order valence-electron chi connectivity index (χ1n) is 8.28. The Morgan fingerprint density at radius 2 is 2.04 bits per heavy atom. The molecule has 1 saturated heterocycles. The average molecular weight is 431 g/mol. The zero-order valence-electron chi connectivity index (χ0n) is 14.4. The molecule has 2 rings (SSSR count). The average Bonchev–Trinajstić information content (AvgIpc) is 2.52. The molecular weight excluding hydrogens is 401 g/mol. The highest BCUT2D eigenvalue weighted by atomic mass is 127. The number of nitrogens with two attached hydrogens (primary N) is 1. The third-order valence-electron chi connectivity index (χ3n) is 4.02. The van der Waals surface area contributed by atoms with Gasteiger partial charge in [-0.25, -0.2) is 0 Å². The summed E-state index contributed by atoms with van der Waals surface area (Å²) in [6.45, 7) is 8.80. The molecule has 2 unspecified atom stereocenters. The second-order valence-corrected chi connectivity index (χ2v) is 6.61. The lowest BCUT2D eigenvalue weighted by Gasteiger charge is -2.32. The van der Waals surface area contributed by atoms with Crippen LogP contribution in [0.25, 0.3) is 0 Å². The summed E-state index contributed by atoms with van der Waals surface area (Å²) in [6.07, 6.45) is 2.42. The highest BCUT2D eigenvalue weighted by Crippen LogP contribution is 2.33. The molecule has 0 aromatic heterocycles. The lowest BCUT2D eigenvalue weighted by molar-refractivity contribution is -0.0265. The standard InChI is InChI=1S/C18H29N3O.HI/c1-13(2)11-20-18(19)21-12-16-5-4-10-22-17(16)15-8-6-14(3)7-9-15;/h6-9,13,16-17H,4-5,10-12H2,1-3H3,(H3,19,20,21);1H. The monoisotopic (exact) mass is 431 g/mol. The first kappa shape index (κ1) is 20.2. The Balaban J connectivity index is 0.00000264. The molecule has 0 spiro atoms. The summed E-state index contributed by atoms with van der Waals surface area (Å²) in [7, 11) is 0. The molecule has 5 heteroatoms. The molecule has 2 atom stereocenters. The highest BCUT2D eigenvalue weighted by Gasteiger charge is 2.27. The Hall–Kier alpha value is -0.820. The van der Waals surface area contributed by atoms with E-state index in [-0.39, 0.29) is 30.1 Å². The first-order valence-corrected chi connectivity index (χ1v) is 8.28. The van der Waals surface area contributed by atoms with Crippen LogP contribution in [0.15, 0.2) is 29.3 Å². The minimum absolute atomic E-state index is 0. The van der Waals surface area contributed by atoms with Crippen molar-refractivity contribution in [1.29, 1.82) is 0 Å². The smallest absolute Gasteiger partial charge is 0.188 e. The van der Waals surface area contributed by atoms with Crippen molar-refractivity contribution < 1.29 is 4.74 Å². The van der Waals surface area contributed by atoms with Gasteiger partial charge < -0.3 is 15.8 Å². The van der Waals surface area contributed by atoms with Gasteiger partial charge in [-0.15, -0.1) is 24.0 Å². The minimum atomic E-state index is 0. The van der Waals surface area contributed by atoms with Gasteiger partial charge in [-0.1, -0.05) is 43.7 Å². The van der Waals surface area contributed by atoms with Crippen molar-refractivity contribution in [2.24, 2.45) is 22.6 Å². The third kappa shape index (κ3) is 6.67. The van der Waals surface area contributed by atoms with E-state index in [1.807, 2.05) is 0 Å². The van der Waals surface area contributed by atoms with E-state index < -0.39 is 0 Å². The van der Waals surface area contributed by atoms with Crippen molar-refractivity contribution in [2.75, 3.05) is 19.7 Å². The zero-order valence-corrected chi connectivity index (χ0v) is 16.7. The number of hydrogen-bond donors (Lipinski definition) is 2. The number of benzene rings is 1. The fourth-order valence-corrected chi connectivity index (χ4v) is 2.75. The van der Waals surface area contributed by atoms with Crippen LogP contribution in [0.5, 0.6) is 0 Å². The van der Waals surface area contributed by atoms with Gasteiger partial charge in [0.05, 0.1) is 6.10 Å². The predicted molar refractivity (Wildman–Crippen MR) is 107 cm³/mol. The van der Waals surface area contributed by atoms with Crippen molar-refractivity contribution in [3.63, 3.8) is 0 Å². The Morgan fingerprint density at radius 3 is 2.70 bits per heavy atom. The summed E-state index contributed by atoms with van der Waals surface area (Å²) in [5, 5.41) is 3.27. The number of nitrogens with zero attached hydrogens (tertiary/aromatic N) is 1. The van der Waals surface area contributed by atoms with E-state index in [2.05, 4.69) is 55.3 Å². The fourth-order valence-electron chi connectivity index (χ4n) is 2.75. The lowest BCUT2D eigenvalue weighted by atomic mass is 9.89. The largest absolute Gasteiger partial charge is 0.373 e. The molecule has 1 aromatic carbocycles. The minimum Gasteiger partial charge on any atom is -0.373 e.